The number of nitrogens with one attached hydrogen (secondary N) is 1. The first-order chi connectivity index (χ1) is 8.45. The second-order valence-electron chi connectivity index (χ2n) is 3.78. The van der Waals surface area contributed by atoms with Crippen molar-refractivity contribution in [2.45, 2.75) is 13.0 Å². The zero-order valence-corrected chi connectivity index (χ0v) is 9.76. The van der Waals surface area contributed by atoms with Crippen molar-refractivity contribution in [3.63, 3.8) is 0 Å². The Kier molecular flexibility index (Phi) is 4.67. The normalized spacial score (nSPS) is 10.4. The molecule has 0 unspecified atom stereocenters. The summed E-state index contributed by atoms with van der Waals surface area (Å²) in [6.07, 6.45) is 2.64. The highest BCUT2D eigenvalue weighted by Gasteiger charge is 1.95. The molecule has 0 aliphatic heterocycles. The minimum atomic E-state index is 0.554. The number of anilines is 1. The van der Waals surface area contributed by atoms with Crippen LogP contribution in [0.25, 0.3) is 0 Å². The first-order valence-electron chi connectivity index (χ1n) is 5.84. The van der Waals surface area contributed by atoms with Gasteiger partial charge in [0.05, 0.1) is 6.26 Å². The number of rotatable bonds is 7. The van der Waals surface area contributed by atoms with Crippen LogP contribution in [0, 0.1) is 0 Å². The van der Waals surface area contributed by atoms with Crippen LogP contribution in [0.4, 0.5) is 5.69 Å². The smallest absolute Gasteiger partial charge is 0.129 e. The van der Waals surface area contributed by atoms with E-state index in [2.05, 4.69) is 17.4 Å². The third-order valence-electron chi connectivity index (χ3n) is 2.39. The van der Waals surface area contributed by atoms with E-state index in [0.29, 0.717) is 6.61 Å². The molecule has 0 saturated carbocycles. The third-order valence-corrected chi connectivity index (χ3v) is 2.39. The van der Waals surface area contributed by atoms with E-state index in [1.165, 1.54) is 0 Å². The van der Waals surface area contributed by atoms with E-state index in [9.17, 15) is 0 Å². The molecule has 3 heteroatoms. The number of hydrogen-bond acceptors (Lipinski definition) is 3. The maximum absolute atomic E-state index is 5.48. The Balaban J connectivity index is 1.52. The van der Waals surface area contributed by atoms with Gasteiger partial charge in [-0.25, -0.2) is 0 Å². The summed E-state index contributed by atoms with van der Waals surface area (Å²) < 4.78 is 10.7. The molecular formula is C14H17NO2. The predicted octanol–water partition coefficient (Wildman–Crippen LogP) is 3.30. The minimum absolute atomic E-state index is 0.554. The maximum Gasteiger partial charge on any atom is 0.129 e. The molecule has 17 heavy (non-hydrogen) atoms. The Morgan fingerprint density at radius 2 is 1.94 bits per heavy atom. The Hall–Kier alpha value is -1.74. The van der Waals surface area contributed by atoms with Crippen LogP contribution in [0.3, 0.4) is 0 Å². The van der Waals surface area contributed by atoms with E-state index < -0.39 is 0 Å². The van der Waals surface area contributed by atoms with Crippen molar-refractivity contribution >= 4 is 5.69 Å². The van der Waals surface area contributed by atoms with Gasteiger partial charge in [-0.3, -0.25) is 0 Å². The van der Waals surface area contributed by atoms with E-state index in [-0.39, 0.29) is 0 Å². The molecule has 0 amide bonds. The molecule has 2 rings (SSSR count). The van der Waals surface area contributed by atoms with Crippen molar-refractivity contribution in [3.05, 3.63) is 54.5 Å². The summed E-state index contributed by atoms with van der Waals surface area (Å²) in [6, 6.07) is 14.0. The van der Waals surface area contributed by atoms with Crippen molar-refractivity contribution < 1.29 is 9.15 Å². The summed E-state index contributed by atoms with van der Waals surface area (Å²) in [6.45, 7) is 2.21. The lowest BCUT2D eigenvalue weighted by Gasteiger charge is -2.06. The Labute approximate surface area is 101 Å². The van der Waals surface area contributed by atoms with Crippen LogP contribution in [0.5, 0.6) is 0 Å². The van der Waals surface area contributed by atoms with Crippen LogP contribution in [-0.4, -0.2) is 13.2 Å². The average molecular weight is 231 g/mol. The van der Waals surface area contributed by atoms with E-state index in [1.807, 2.05) is 30.3 Å². The third kappa shape index (κ3) is 4.33. The van der Waals surface area contributed by atoms with Crippen LogP contribution in [0.15, 0.2) is 53.1 Å². The van der Waals surface area contributed by atoms with E-state index in [0.717, 1.165) is 31.0 Å². The highest BCUT2D eigenvalue weighted by atomic mass is 16.5. The molecule has 2 aromatic rings. The monoisotopic (exact) mass is 231 g/mol. The second-order valence-corrected chi connectivity index (χ2v) is 3.78. The standard InChI is InChI=1S/C14H17NO2/c1-2-6-13(7-3-1)15-9-5-10-16-12-14-8-4-11-17-14/h1-4,6-8,11,15H,5,9-10,12H2. The van der Waals surface area contributed by atoms with E-state index >= 15 is 0 Å². The summed E-state index contributed by atoms with van der Waals surface area (Å²) in [5, 5.41) is 3.33. The van der Waals surface area contributed by atoms with Gasteiger partial charge in [-0.1, -0.05) is 18.2 Å². The molecule has 1 N–H and O–H groups in total. The van der Waals surface area contributed by atoms with Crippen molar-refractivity contribution in [2.75, 3.05) is 18.5 Å². The number of hydrogen-bond donors (Lipinski definition) is 1. The zero-order valence-electron chi connectivity index (χ0n) is 9.76. The van der Waals surface area contributed by atoms with E-state index in [1.54, 1.807) is 6.26 Å². The molecule has 1 aromatic heterocycles. The molecule has 0 aliphatic rings. The fourth-order valence-electron chi connectivity index (χ4n) is 1.53. The van der Waals surface area contributed by atoms with Gasteiger partial charge in [0, 0.05) is 18.8 Å². The Morgan fingerprint density at radius 3 is 2.71 bits per heavy atom. The van der Waals surface area contributed by atoms with Crippen molar-refractivity contribution in [2.24, 2.45) is 0 Å². The highest BCUT2D eigenvalue weighted by Crippen LogP contribution is 2.05. The van der Waals surface area contributed by atoms with Crippen molar-refractivity contribution in [1.29, 1.82) is 0 Å². The molecule has 0 spiro atoms. The summed E-state index contributed by atoms with van der Waals surface area (Å²) in [5.41, 5.74) is 1.15. The lowest BCUT2D eigenvalue weighted by molar-refractivity contribution is 0.106. The van der Waals surface area contributed by atoms with E-state index in [4.69, 9.17) is 9.15 Å². The lowest BCUT2D eigenvalue weighted by Crippen LogP contribution is -2.05. The van der Waals surface area contributed by atoms with Gasteiger partial charge in [0.1, 0.15) is 12.4 Å². The number of furan rings is 1. The van der Waals surface area contributed by atoms with Gasteiger partial charge < -0.3 is 14.5 Å². The van der Waals surface area contributed by atoms with Gasteiger partial charge in [-0.05, 0) is 30.7 Å². The summed E-state index contributed by atoms with van der Waals surface area (Å²) >= 11 is 0. The molecule has 0 atom stereocenters. The predicted molar refractivity (Wildman–Crippen MR) is 67.9 cm³/mol. The molecule has 0 radical (unpaired) electrons. The Bertz CT molecular complexity index is 397. The molecule has 0 fully saturated rings. The van der Waals surface area contributed by atoms with Crippen LogP contribution >= 0.6 is 0 Å². The van der Waals surface area contributed by atoms with Crippen LogP contribution in [0.1, 0.15) is 12.2 Å². The van der Waals surface area contributed by atoms with Gasteiger partial charge >= 0.3 is 0 Å². The maximum atomic E-state index is 5.48. The zero-order chi connectivity index (χ0) is 11.8. The van der Waals surface area contributed by atoms with Gasteiger partial charge in [0.25, 0.3) is 0 Å². The van der Waals surface area contributed by atoms with Crippen LogP contribution in [0.2, 0.25) is 0 Å². The van der Waals surface area contributed by atoms with Gasteiger partial charge in [-0.2, -0.15) is 0 Å². The topological polar surface area (TPSA) is 34.4 Å². The van der Waals surface area contributed by atoms with Crippen LogP contribution in [-0.2, 0) is 11.3 Å². The fourth-order valence-corrected chi connectivity index (χ4v) is 1.53. The molecule has 3 nitrogen and oxygen atoms in total. The molecule has 1 aromatic carbocycles. The lowest BCUT2D eigenvalue weighted by atomic mass is 10.3. The fraction of sp³-hybridized carbons (Fsp3) is 0.286. The summed E-state index contributed by atoms with van der Waals surface area (Å²) in [7, 11) is 0. The van der Waals surface area contributed by atoms with Gasteiger partial charge in [0.2, 0.25) is 0 Å². The molecule has 0 saturated heterocycles. The van der Waals surface area contributed by atoms with Crippen LogP contribution < -0.4 is 5.32 Å². The first kappa shape index (κ1) is 11.7. The minimum Gasteiger partial charge on any atom is -0.467 e. The van der Waals surface area contributed by atoms with Crippen molar-refractivity contribution in [1.82, 2.24) is 0 Å². The summed E-state index contributed by atoms with van der Waals surface area (Å²) in [5.74, 6) is 0.876. The van der Waals surface area contributed by atoms with Gasteiger partial charge in [0.15, 0.2) is 0 Å². The SMILES string of the molecule is c1ccc(NCCCOCc2ccco2)cc1. The summed E-state index contributed by atoms with van der Waals surface area (Å²) in [4.78, 5) is 0. The van der Waals surface area contributed by atoms with Crippen molar-refractivity contribution in [3.8, 4) is 0 Å². The largest absolute Gasteiger partial charge is 0.467 e. The second kappa shape index (κ2) is 6.76. The molecule has 0 aliphatic carbocycles. The van der Waals surface area contributed by atoms with Gasteiger partial charge in [-0.15, -0.1) is 0 Å². The quantitative estimate of drug-likeness (QED) is 0.742. The average Bonchev–Trinajstić information content (AvgIpc) is 2.88. The number of ether oxygens (including phenoxy) is 1. The highest BCUT2D eigenvalue weighted by molar-refractivity contribution is 5.42. The Morgan fingerprint density at radius 1 is 1.06 bits per heavy atom. The molecule has 1 heterocycles. The number of benzene rings is 1. The first-order valence-corrected chi connectivity index (χ1v) is 5.84. The molecular weight excluding hydrogens is 214 g/mol. The molecule has 0 bridgehead atoms. The molecule has 90 valence electrons. The number of para-hydroxylation sites is 1.